The van der Waals surface area contributed by atoms with E-state index in [-0.39, 0.29) is 24.8 Å². The number of rotatable bonds is 4. The van der Waals surface area contributed by atoms with Crippen molar-refractivity contribution in [1.29, 1.82) is 0 Å². The molecule has 0 unspecified atom stereocenters. The molecule has 0 aliphatic heterocycles. The average molecular weight is 338 g/mol. The Labute approximate surface area is 121 Å². The van der Waals surface area contributed by atoms with Crippen molar-refractivity contribution in [1.82, 2.24) is 0 Å². The van der Waals surface area contributed by atoms with E-state index in [1.807, 2.05) is 0 Å². The maximum absolute atomic E-state index is 8.93. The van der Waals surface area contributed by atoms with Crippen LogP contribution in [0.5, 0.6) is 0 Å². The maximum atomic E-state index is 8.93. The molecule has 1 N–H and O–H groups in total. The molecule has 0 aromatic carbocycles. The molecule has 2 aliphatic carbocycles. The summed E-state index contributed by atoms with van der Waals surface area (Å²) in [5.41, 5.74) is 1.42. The molecule has 0 spiro atoms. The summed E-state index contributed by atoms with van der Waals surface area (Å²) in [6, 6.07) is 0. The van der Waals surface area contributed by atoms with Crippen LogP contribution in [0.3, 0.4) is 0 Å². The topological polar surface area (TPSA) is 20.2 Å². The van der Waals surface area contributed by atoms with Crippen LogP contribution in [0.1, 0.15) is 19.3 Å². The molecule has 2 aliphatic rings. The third-order valence-electron chi connectivity index (χ3n) is 2.49. The van der Waals surface area contributed by atoms with Crippen LogP contribution in [0, 0.1) is 0 Å². The average Bonchev–Trinajstić information content (AvgIpc) is 2.80. The summed E-state index contributed by atoms with van der Waals surface area (Å²) >= 11 is -0.488. The normalized spacial score (nSPS) is 16.9. The van der Waals surface area contributed by atoms with Gasteiger partial charge in [0.2, 0.25) is 0 Å². The van der Waals surface area contributed by atoms with E-state index in [1.165, 1.54) is 12.0 Å². The summed E-state index contributed by atoms with van der Waals surface area (Å²) in [4.78, 5) is 0. The first kappa shape index (κ1) is 16.4. The van der Waals surface area contributed by atoms with Crippen LogP contribution in [-0.2, 0) is 23.2 Å². The van der Waals surface area contributed by atoms with Gasteiger partial charge in [-0.15, -0.1) is 24.8 Å². The summed E-state index contributed by atoms with van der Waals surface area (Å²) in [6.45, 7) is 0.292. The number of halogens is 2. The molecule has 0 radical (unpaired) electrons. The third kappa shape index (κ3) is 4.33. The Hall–Kier alpha value is 0.383. The van der Waals surface area contributed by atoms with Crippen molar-refractivity contribution in [3.8, 4) is 0 Å². The first-order chi connectivity index (χ1) is 6.90. The molecule has 0 amide bonds. The molecule has 88 valence electrons. The van der Waals surface area contributed by atoms with Crippen molar-refractivity contribution in [2.45, 2.75) is 19.3 Å². The summed E-state index contributed by atoms with van der Waals surface area (Å²) in [5, 5.41) is 8.93. The second kappa shape index (κ2) is 8.47. The van der Waals surface area contributed by atoms with Gasteiger partial charge >= 0.3 is 96.7 Å². The van der Waals surface area contributed by atoms with Crippen LogP contribution in [0.4, 0.5) is 0 Å². The van der Waals surface area contributed by atoms with Gasteiger partial charge in [0.15, 0.2) is 0 Å². The standard InChI is InChI=1S/C7H9O.C5H5.2ClH.Zr/c8-6-5-7-3-1-2-4-7;1-2-4-5-3-1;;;/h1,3,8H,2,5-6H2;1-3H,4H2;2*1H;. The Balaban J connectivity index is 0.00000112. The Morgan fingerprint density at radius 2 is 2.00 bits per heavy atom. The molecule has 0 fully saturated rings. The van der Waals surface area contributed by atoms with Gasteiger partial charge in [-0.1, -0.05) is 0 Å². The van der Waals surface area contributed by atoms with Crippen LogP contribution in [-0.4, -0.2) is 11.7 Å². The number of aliphatic hydroxyl groups excluding tert-OH is 1. The fourth-order valence-electron chi connectivity index (χ4n) is 1.77. The van der Waals surface area contributed by atoms with Gasteiger partial charge in [0.25, 0.3) is 0 Å². The molecule has 16 heavy (non-hydrogen) atoms. The monoisotopic (exact) mass is 336 g/mol. The number of allylic oxidation sites excluding steroid dienone is 7. The van der Waals surface area contributed by atoms with Crippen LogP contribution >= 0.6 is 24.8 Å². The summed E-state index contributed by atoms with van der Waals surface area (Å²) in [5.74, 6) is 0. The predicted octanol–water partition coefficient (Wildman–Crippen LogP) is 3.35. The van der Waals surface area contributed by atoms with Gasteiger partial charge in [0.05, 0.1) is 0 Å². The summed E-state index contributed by atoms with van der Waals surface area (Å²) in [6.07, 6.45) is 14.3. The molecular formula is C12H16Cl2OZr. The van der Waals surface area contributed by atoms with E-state index in [0.717, 1.165) is 12.8 Å². The first-order valence-electron chi connectivity index (χ1n) is 5.02. The van der Waals surface area contributed by atoms with Gasteiger partial charge < -0.3 is 0 Å². The molecule has 0 aromatic heterocycles. The Morgan fingerprint density at radius 3 is 2.62 bits per heavy atom. The van der Waals surface area contributed by atoms with Crippen LogP contribution < -0.4 is 0 Å². The van der Waals surface area contributed by atoms with E-state index in [4.69, 9.17) is 5.11 Å². The quantitative estimate of drug-likeness (QED) is 0.833. The fraction of sp³-hybridized carbons (Fsp3) is 0.333. The van der Waals surface area contributed by atoms with Gasteiger partial charge in [-0.05, 0) is 0 Å². The fourth-order valence-corrected chi connectivity index (χ4v) is 5.15. The molecule has 0 atom stereocenters. The minimum absolute atomic E-state index is 0. The van der Waals surface area contributed by atoms with Crippen molar-refractivity contribution in [2.75, 3.05) is 6.61 Å². The Kier molecular flexibility index (Phi) is 8.67. The molecule has 0 heterocycles. The Morgan fingerprint density at radius 1 is 1.19 bits per heavy atom. The molecular weight excluding hydrogens is 322 g/mol. The van der Waals surface area contributed by atoms with Gasteiger partial charge in [-0.25, -0.2) is 0 Å². The zero-order valence-electron chi connectivity index (χ0n) is 8.98. The van der Waals surface area contributed by atoms with E-state index >= 15 is 0 Å². The van der Waals surface area contributed by atoms with Crippen molar-refractivity contribution < 1.29 is 28.3 Å². The third-order valence-corrected chi connectivity index (χ3v) is 6.23. The minimum atomic E-state index is -0.488. The van der Waals surface area contributed by atoms with Gasteiger partial charge in [-0.2, -0.15) is 0 Å². The molecule has 0 saturated heterocycles. The van der Waals surface area contributed by atoms with E-state index in [1.54, 1.807) is 6.56 Å². The van der Waals surface area contributed by atoms with E-state index in [9.17, 15) is 0 Å². The summed E-state index contributed by atoms with van der Waals surface area (Å²) in [7, 11) is 0. The number of hydrogen-bond acceptors (Lipinski definition) is 1. The first-order valence-corrected chi connectivity index (χ1v) is 7.48. The van der Waals surface area contributed by atoms with E-state index in [2.05, 4.69) is 30.4 Å². The van der Waals surface area contributed by atoms with Gasteiger partial charge in [0, 0.05) is 0 Å². The van der Waals surface area contributed by atoms with E-state index in [0.29, 0.717) is 6.61 Å². The molecule has 4 heteroatoms. The molecule has 0 aromatic rings. The van der Waals surface area contributed by atoms with Crippen LogP contribution in [0.15, 0.2) is 42.5 Å². The molecule has 2 rings (SSSR count). The zero-order valence-corrected chi connectivity index (χ0v) is 13.1. The molecule has 0 bridgehead atoms. The second-order valence-corrected chi connectivity index (χ2v) is 7.21. The summed E-state index contributed by atoms with van der Waals surface area (Å²) < 4.78 is 3.33. The van der Waals surface area contributed by atoms with Crippen molar-refractivity contribution >= 4 is 24.8 Å². The number of aliphatic hydroxyl groups is 1. The van der Waals surface area contributed by atoms with Crippen molar-refractivity contribution in [2.24, 2.45) is 0 Å². The van der Waals surface area contributed by atoms with Crippen molar-refractivity contribution in [3.05, 3.63) is 42.5 Å². The van der Waals surface area contributed by atoms with E-state index < -0.39 is 23.2 Å². The molecule has 1 nitrogen and oxygen atoms in total. The van der Waals surface area contributed by atoms with Crippen LogP contribution in [0.25, 0.3) is 0 Å². The Bertz CT molecular complexity index is 343. The van der Waals surface area contributed by atoms with Crippen LogP contribution in [0.2, 0.25) is 0 Å². The van der Waals surface area contributed by atoms with Crippen molar-refractivity contribution in [3.63, 3.8) is 0 Å². The number of hydrogen-bond donors (Lipinski definition) is 1. The predicted molar refractivity (Wildman–Crippen MR) is 68.8 cm³/mol. The SMILES string of the molecule is Cl.Cl.OCCC1=[C]([Zr][C]2=CC=CC2)CC=C1. The van der Waals surface area contributed by atoms with Gasteiger partial charge in [0.1, 0.15) is 0 Å². The molecule has 0 saturated carbocycles. The van der Waals surface area contributed by atoms with Gasteiger partial charge in [-0.3, -0.25) is 0 Å². The second-order valence-electron chi connectivity index (χ2n) is 3.53. The zero-order chi connectivity index (χ0) is 9.80.